The Morgan fingerprint density at radius 2 is 1.76 bits per heavy atom. The molecule has 1 aromatic carbocycles. The molecule has 4 nitrogen and oxygen atoms in total. The number of alkyl halides is 1. The summed E-state index contributed by atoms with van der Waals surface area (Å²) < 4.78 is 0. The number of anilines is 1. The van der Waals surface area contributed by atoms with Crippen molar-refractivity contribution < 1.29 is 4.79 Å². The predicted molar refractivity (Wildman–Crippen MR) is 88.1 cm³/mol. The van der Waals surface area contributed by atoms with E-state index < -0.39 is 0 Å². The highest BCUT2D eigenvalue weighted by atomic mass is 35.5. The van der Waals surface area contributed by atoms with Crippen LogP contribution in [0.15, 0.2) is 24.3 Å². The summed E-state index contributed by atoms with van der Waals surface area (Å²) in [5, 5.41) is -0.00918. The summed E-state index contributed by atoms with van der Waals surface area (Å²) in [6, 6.07) is 8.38. The van der Waals surface area contributed by atoms with Crippen molar-refractivity contribution in [2.45, 2.75) is 12.3 Å². The van der Waals surface area contributed by atoms with E-state index in [-0.39, 0.29) is 11.3 Å². The fraction of sp³-hybridized carbons (Fsp3) is 0.562. The van der Waals surface area contributed by atoms with E-state index in [1.807, 2.05) is 19.0 Å². The highest BCUT2D eigenvalue weighted by Gasteiger charge is 2.21. The smallest absolute Gasteiger partial charge is 0.219 e. The van der Waals surface area contributed by atoms with Gasteiger partial charge in [0, 0.05) is 59.4 Å². The molecule has 1 aliphatic heterocycles. The van der Waals surface area contributed by atoms with Crippen LogP contribution in [-0.2, 0) is 4.79 Å². The van der Waals surface area contributed by atoms with Crippen molar-refractivity contribution in [2.24, 2.45) is 0 Å². The topological polar surface area (TPSA) is 26.8 Å². The highest BCUT2D eigenvalue weighted by molar-refractivity contribution is 6.21. The molecule has 0 spiro atoms. The van der Waals surface area contributed by atoms with Crippen LogP contribution in [0.1, 0.15) is 17.9 Å². The maximum atomic E-state index is 11.3. The molecule has 1 fully saturated rings. The molecule has 0 aromatic heterocycles. The number of rotatable bonds is 4. The van der Waals surface area contributed by atoms with Crippen LogP contribution in [0, 0.1) is 0 Å². The lowest BCUT2D eigenvalue weighted by atomic mass is 10.1. The van der Waals surface area contributed by atoms with Crippen molar-refractivity contribution in [1.29, 1.82) is 0 Å². The molecule has 0 radical (unpaired) electrons. The molecule has 1 heterocycles. The monoisotopic (exact) mass is 309 g/mol. The first-order chi connectivity index (χ1) is 9.97. The number of piperazine rings is 1. The van der Waals surface area contributed by atoms with Crippen molar-refractivity contribution in [3.05, 3.63) is 29.8 Å². The molecular weight excluding hydrogens is 286 g/mol. The van der Waals surface area contributed by atoms with Crippen LogP contribution in [0.2, 0.25) is 0 Å². The molecule has 0 saturated carbocycles. The van der Waals surface area contributed by atoms with Crippen molar-refractivity contribution in [3.8, 4) is 0 Å². The second-order valence-corrected chi connectivity index (χ2v) is 6.29. The van der Waals surface area contributed by atoms with Crippen molar-refractivity contribution in [2.75, 3.05) is 51.7 Å². The summed E-state index contributed by atoms with van der Waals surface area (Å²) in [7, 11) is 4.06. The van der Waals surface area contributed by atoms with Gasteiger partial charge in [-0.15, -0.1) is 11.6 Å². The number of amides is 1. The largest absolute Gasteiger partial charge is 0.378 e. The first kappa shape index (κ1) is 16.1. The zero-order valence-electron chi connectivity index (χ0n) is 13.1. The Morgan fingerprint density at radius 1 is 1.19 bits per heavy atom. The lowest BCUT2D eigenvalue weighted by Gasteiger charge is -2.35. The lowest BCUT2D eigenvalue weighted by Crippen LogP contribution is -2.48. The number of carbonyl (C=O) groups is 1. The normalized spacial score (nSPS) is 17.6. The number of nitrogens with zero attached hydrogens (tertiary/aromatic N) is 3. The third-order valence-corrected chi connectivity index (χ3v) is 4.40. The first-order valence-corrected chi connectivity index (χ1v) is 7.80. The van der Waals surface area contributed by atoms with E-state index in [2.05, 4.69) is 34.1 Å². The molecule has 1 aromatic rings. The van der Waals surface area contributed by atoms with Crippen LogP contribution in [0.3, 0.4) is 0 Å². The van der Waals surface area contributed by atoms with Gasteiger partial charge in [0.2, 0.25) is 5.91 Å². The van der Waals surface area contributed by atoms with Gasteiger partial charge in [-0.1, -0.05) is 12.1 Å². The second-order valence-electron chi connectivity index (χ2n) is 5.76. The lowest BCUT2D eigenvalue weighted by molar-refractivity contribution is -0.130. The fourth-order valence-corrected chi connectivity index (χ4v) is 2.90. The van der Waals surface area contributed by atoms with Gasteiger partial charge in [0.05, 0.1) is 5.38 Å². The number of carbonyl (C=O) groups excluding carboxylic acids is 1. The Labute approximate surface area is 132 Å². The average molecular weight is 310 g/mol. The first-order valence-electron chi connectivity index (χ1n) is 7.36. The van der Waals surface area contributed by atoms with E-state index in [1.54, 1.807) is 6.92 Å². The highest BCUT2D eigenvalue weighted by Crippen LogP contribution is 2.24. The van der Waals surface area contributed by atoms with E-state index in [4.69, 9.17) is 11.6 Å². The summed E-state index contributed by atoms with van der Waals surface area (Å²) in [4.78, 5) is 17.6. The van der Waals surface area contributed by atoms with Crippen LogP contribution in [0.4, 0.5) is 5.69 Å². The van der Waals surface area contributed by atoms with Crippen LogP contribution in [0.5, 0.6) is 0 Å². The quantitative estimate of drug-likeness (QED) is 0.798. The summed E-state index contributed by atoms with van der Waals surface area (Å²) in [6.45, 7) is 5.87. The molecule has 1 unspecified atom stereocenters. The molecule has 1 aliphatic rings. The number of halogens is 1. The molecule has 5 heteroatoms. The summed E-state index contributed by atoms with van der Waals surface area (Å²) in [5.41, 5.74) is 2.33. The standard InChI is InChI=1S/C16H24ClN3O/c1-13(21)20-10-8-19(9-11-20)12-16(17)14-4-6-15(7-5-14)18(2)3/h4-7,16H,8-12H2,1-3H3. The Kier molecular flexibility index (Phi) is 5.48. The maximum absolute atomic E-state index is 11.3. The SMILES string of the molecule is CC(=O)N1CCN(CC(Cl)c2ccc(N(C)C)cc2)CC1. The maximum Gasteiger partial charge on any atom is 0.219 e. The Hall–Kier alpha value is -1.26. The van der Waals surface area contributed by atoms with Gasteiger partial charge in [-0.05, 0) is 17.7 Å². The molecule has 0 aliphatic carbocycles. The van der Waals surface area contributed by atoms with E-state index >= 15 is 0 Å². The molecule has 1 amide bonds. The van der Waals surface area contributed by atoms with Crippen molar-refractivity contribution in [1.82, 2.24) is 9.80 Å². The minimum Gasteiger partial charge on any atom is -0.378 e. The zero-order valence-corrected chi connectivity index (χ0v) is 13.8. The Balaban J connectivity index is 1.87. The van der Waals surface area contributed by atoms with E-state index in [0.29, 0.717) is 0 Å². The van der Waals surface area contributed by atoms with Gasteiger partial charge in [0.1, 0.15) is 0 Å². The van der Waals surface area contributed by atoms with Gasteiger partial charge in [0.15, 0.2) is 0 Å². The second kappa shape index (κ2) is 7.14. The Morgan fingerprint density at radius 3 is 2.24 bits per heavy atom. The zero-order chi connectivity index (χ0) is 15.4. The van der Waals surface area contributed by atoms with Crippen molar-refractivity contribution >= 4 is 23.2 Å². The van der Waals surface area contributed by atoms with Crippen LogP contribution in [-0.4, -0.2) is 62.5 Å². The van der Waals surface area contributed by atoms with Gasteiger partial charge in [-0.25, -0.2) is 0 Å². The third kappa shape index (κ3) is 4.35. The van der Waals surface area contributed by atoms with E-state index in [0.717, 1.165) is 38.3 Å². The van der Waals surface area contributed by atoms with Gasteiger partial charge in [-0.3, -0.25) is 9.69 Å². The molecule has 0 N–H and O–H groups in total. The molecule has 1 saturated heterocycles. The van der Waals surface area contributed by atoms with Gasteiger partial charge < -0.3 is 9.80 Å². The van der Waals surface area contributed by atoms with E-state index in [1.165, 1.54) is 5.69 Å². The molecule has 1 atom stereocenters. The molecule has 0 bridgehead atoms. The predicted octanol–water partition coefficient (Wildman–Crippen LogP) is 2.20. The molecule has 116 valence electrons. The van der Waals surface area contributed by atoms with Gasteiger partial charge >= 0.3 is 0 Å². The molecular formula is C16H24ClN3O. The van der Waals surface area contributed by atoms with E-state index in [9.17, 15) is 4.79 Å². The number of benzene rings is 1. The third-order valence-electron chi connectivity index (χ3n) is 4.01. The summed E-state index contributed by atoms with van der Waals surface area (Å²) in [5.74, 6) is 0.163. The molecule has 2 rings (SSSR count). The van der Waals surface area contributed by atoms with Crippen LogP contribution < -0.4 is 4.90 Å². The number of hydrogen-bond donors (Lipinski definition) is 0. The Bertz CT molecular complexity index is 467. The number of hydrogen-bond acceptors (Lipinski definition) is 3. The van der Waals surface area contributed by atoms with Crippen LogP contribution >= 0.6 is 11.6 Å². The van der Waals surface area contributed by atoms with Gasteiger partial charge in [-0.2, -0.15) is 0 Å². The minimum absolute atomic E-state index is 0.00918. The average Bonchev–Trinajstić information content (AvgIpc) is 2.47. The molecule has 21 heavy (non-hydrogen) atoms. The summed E-state index contributed by atoms with van der Waals surface area (Å²) >= 11 is 6.53. The summed E-state index contributed by atoms with van der Waals surface area (Å²) in [6.07, 6.45) is 0. The van der Waals surface area contributed by atoms with Crippen LogP contribution in [0.25, 0.3) is 0 Å². The van der Waals surface area contributed by atoms with Gasteiger partial charge in [0.25, 0.3) is 0 Å². The van der Waals surface area contributed by atoms with Crippen molar-refractivity contribution in [3.63, 3.8) is 0 Å². The minimum atomic E-state index is -0.00918. The fourth-order valence-electron chi connectivity index (χ4n) is 2.56.